The van der Waals surface area contributed by atoms with Crippen molar-refractivity contribution in [2.75, 3.05) is 20.5 Å². The van der Waals surface area contributed by atoms with E-state index in [1.54, 1.807) is 7.11 Å². The summed E-state index contributed by atoms with van der Waals surface area (Å²) in [5, 5.41) is 0.234. The maximum absolute atomic E-state index is 7.21. The molecule has 0 spiro atoms. The molecule has 0 aromatic heterocycles. The van der Waals surface area contributed by atoms with Gasteiger partial charge in [0.15, 0.2) is 0 Å². The van der Waals surface area contributed by atoms with Crippen LogP contribution in [0.2, 0.25) is 49.6 Å². The van der Waals surface area contributed by atoms with Crippen LogP contribution in [0.5, 0.6) is 0 Å². The molecule has 0 aromatic rings. The summed E-state index contributed by atoms with van der Waals surface area (Å²) in [6, 6.07) is 0. The molecule has 3 atom stereocenters. The SMILES string of the molecule is CCC[CH2][Sn]([CH2]CCC)([CH2]CCC)[C]1=C[C@@H](O[Si](C)(C)C(C)(C)C)[C@@H](OCOC)[C@@H](CO[Si](C)(C)C(C)(C)C)O1. The van der Waals surface area contributed by atoms with E-state index in [9.17, 15) is 0 Å². The van der Waals surface area contributed by atoms with Crippen molar-refractivity contribution < 1.29 is 23.1 Å². The van der Waals surface area contributed by atoms with Crippen LogP contribution in [0.1, 0.15) is 101 Å². The molecule has 1 aliphatic heterocycles. The second-order valence-electron chi connectivity index (χ2n) is 15.2. The topological polar surface area (TPSA) is 46.2 Å². The van der Waals surface area contributed by atoms with Gasteiger partial charge < -0.3 is 0 Å². The Kier molecular flexibility index (Phi) is 16.1. The molecule has 8 heteroatoms. The fourth-order valence-electron chi connectivity index (χ4n) is 4.92. The van der Waals surface area contributed by atoms with Crippen molar-refractivity contribution in [3.63, 3.8) is 0 Å². The first kappa shape index (κ1) is 38.6. The Morgan fingerprint density at radius 2 is 1.27 bits per heavy atom. The third kappa shape index (κ3) is 11.0. The molecule has 238 valence electrons. The van der Waals surface area contributed by atoms with Crippen molar-refractivity contribution in [3.8, 4) is 0 Å². The summed E-state index contributed by atoms with van der Waals surface area (Å²) in [4.78, 5) is 0. The average Bonchev–Trinajstić information content (AvgIpc) is 2.85. The first-order valence-electron chi connectivity index (χ1n) is 16.2. The third-order valence-electron chi connectivity index (χ3n) is 9.86. The molecular formula is C32H68O5Si2Sn. The van der Waals surface area contributed by atoms with Crippen molar-refractivity contribution in [1.82, 2.24) is 0 Å². The van der Waals surface area contributed by atoms with Crippen molar-refractivity contribution in [1.29, 1.82) is 0 Å². The van der Waals surface area contributed by atoms with Crippen molar-refractivity contribution >= 4 is 35.0 Å². The van der Waals surface area contributed by atoms with Gasteiger partial charge >= 0.3 is 257 Å². The summed E-state index contributed by atoms with van der Waals surface area (Å²) in [5.74, 6) is 0. The van der Waals surface area contributed by atoms with Crippen molar-refractivity contribution in [2.24, 2.45) is 0 Å². The van der Waals surface area contributed by atoms with Crippen LogP contribution in [-0.4, -0.2) is 73.8 Å². The van der Waals surface area contributed by atoms with Crippen LogP contribution >= 0.6 is 0 Å². The molecule has 0 saturated heterocycles. The fraction of sp³-hybridized carbons (Fsp3) is 0.938. The molecule has 1 heterocycles. The standard InChI is InChI=1S/C20H41O5Si2.3C4H9.Sn/c1-19(2,3)26(8,9)24-14-17-18(23-15-21-7)16(12-13-22-17)25-27(10,11)20(4,5)6;3*1-3-4-2;/h12,16-18H,14-15H2,1-11H3;3*1,3-4H2,2H3;/t16-,17-,18-;;;;/m1..../s1. The van der Waals surface area contributed by atoms with E-state index in [1.165, 1.54) is 55.6 Å². The predicted octanol–water partition coefficient (Wildman–Crippen LogP) is 10.1. The molecule has 1 rings (SSSR count). The van der Waals surface area contributed by atoms with Crippen LogP contribution in [0.15, 0.2) is 9.85 Å². The minimum atomic E-state index is -2.87. The second-order valence-corrected chi connectivity index (χ2v) is 37.8. The van der Waals surface area contributed by atoms with Gasteiger partial charge in [-0.3, -0.25) is 0 Å². The summed E-state index contributed by atoms with van der Waals surface area (Å²) < 4.78 is 38.5. The monoisotopic (exact) mass is 708 g/mol. The van der Waals surface area contributed by atoms with Gasteiger partial charge in [0.25, 0.3) is 0 Å². The summed E-state index contributed by atoms with van der Waals surface area (Å²) >= 11 is -2.87. The molecule has 0 radical (unpaired) electrons. The van der Waals surface area contributed by atoms with E-state index < -0.39 is 35.0 Å². The van der Waals surface area contributed by atoms with E-state index in [2.05, 4.69) is 94.6 Å². The molecule has 0 amide bonds. The molecule has 0 aliphatic carbocycles. The minimum absolute atomic E-state index is 0.102. The summed E-state index contributed by atoms with van der Waals surface area (Å²) in [6.07, 6.45) is 9.44. The van der Waals surface area contributed by atoms with E-state index in [4.69, 9.17) is 23.1 Å². The van der Waals surface area contributed by atoms with Gasteiger partial charge in [-0.15, -0.1) is 0 Å². The normalized spacial score (nSPS) is 21.4. The zero-order valence-electron chi connectivity index (χ0n) is 29.1. The summed E-state index contributed by atoms with van der Waals surface area (Å²) in [5.41, 5.74) is 0. The number of rotatable bonds is 18. The molecule has 0 N–H and O–H groups in total. The van der Waals surface area contributed by atoms with Gasteiger partial charge in [0.2, 0.25) is 0 Å². The second kappa shape index (κ2) is 16.6. The molecule has 0 saturated carbocycles. The van der Waals surface area contributed by atoms with Crippen molar-refractivity contribution in [2.45, 2.75) is 169 Å². The van der Waals surface area contributed by atoms with E-state index in [0.717, 1.165) is 0 Å². The van der Waals surface area contributed by atoms with Gasteiger partial charge in [0.05, 0.1) is 0 Å². The molecule has 40 heavy (non-hydrogen) atoms. The van der Waals surface area contributed by atoms with Crippen LogP contribution in [0.3, 0.4) is 0 Å². The van der Waals surface area contributed by atoms with Gasteiger partial charge in [0, 0.05) is 0 Å². The average molecular weight is 708 g/mol. The Balaban J connectivity index is 3.71. The third-order valence-corrected chi connectivity index (χ3v) is 33.9. The van der Waals surface area contributed by atoms with Crippen LogP contribution in [-0.2, 0) is 23.1 Å². The first-order valence-corrected chi connectivity index (χ1v) is 29.5. The maximum atomic E-state index is 7.21. The number of hydrogen-bond acceptors (Lipinski definition) is 5. The van der Waals surface area contributed by atoms with Gasteiger partial charge in [-0.25, -0.2) is 0 Å². The predicted molar refractivity (Wildman–Crippen MR) is 180 cm³/mol. The molecule has 0 fully saturated rings. The van der Waals surface area contributed by atoms with Crippen LogP contribution in [0.25, 0.3) is 0 Å². The zero-order chi connectivity index (χ0) is 30.8. The van der Waals surface area contributed by atoms with Crippen molar-refractivity contribution in [3.05, 3.63) is 9.85 Å². The molecule has 5 nitrogen and oxygen atoms in total. The fourth-order valence-corrected chi connectivity index (χ4v) is 22.9. The molecule has 0 unspecified atom stereocenters. The van der Waals surface area contributed by atoms with Gasteiger partial charge in [-0.1, -0.05) is 0 Å². The Labute approximate surface area is 256 Å². The molecular weight excluding hydrogens is 639 g/mol. The van der Waals surface area contributed by atoms with Crippen LogP contribution in [0.4, 0.5) is 0 Å². The van der Waals surface area contributed by atoms with E-state index in [1.807, 2.05) is 0 Å². The van der Waals surface area contributed by atoms with Gasteiger partial charge in [-0.05, 0) is 0 Å². The summed E-state index contributed by atoms with van der Waals surface area (Å²) in [6.45, 7) is 31.0. The Morgan fingerprint density at radius 1 is 0.800 bits per heavy atom. The van der Waals surface area contributed by atoms with Gasteiger partial charge in [0.1, 0.15) is 0 Å². The van der Waals surface area contributed by atoms with E-state index in [0.29, 0.717) is 6.61 Å². The van der Waals surface area contributed by atoms with E-state index in [-0.39, 0.29) is 35.2 Å². The Bertz CT molecular complexity index is 736. The van der Waals surface area contributed by atoms with Gasteiger partial charge in [-0.2, -0.15) is 0 Å². The molecule has 1 aliphatic rings. The Morgan fingerprint density at radius 3 is 1.68 bits per heavy atom. The Hall–Kier alpha value is 0.612. The quantitative estimate of drug-likeness (QED) is 0.105. The number of hydrogen-bond donors (Lipinski definition) is 0. The van der Waals surface area contributed by atoms with Crippen LogP contribution in [0, 0.1) is 0 Å². The van der Waals surface area contributed by atoms with Crippen LogP contribution < -0.4 is 0 Å². The molecule has 0 aromatic carbocycles. The zero-order valence-corrected chi connectivity index (χ0v) is 34.0. The van der Waals surface area contributed by atoms with E-state index >= 15 is 0 Å². The number of ether oxygens (including phenoxy) is 3. The summed E-state index contributed by atoms with van der Waals surface area (Å²) in [7, 11) is -2.38. The number of unbranched alkanes of at least 4 members (excludes halogenated alkanes) is 3. The number of methoxy groups -OCH3 is 1. The first-order chi connectivity index (χ1) is 18.4. The molecule has 0 bridgehead atoms.